The molecule has 2 rings (SSSR count). The lowest BCUT2D eigenvalue weighted by Crippen LogP contribution is -2.46. The van der Waals surface area contributed by atoms with Gasteiger partial charge in [0.15, 0.2) is 0 Å². The van der Waals surface area contributed by atoms with Gasteiger partial charge in [-0.25, -0.2) is 14.5 Å². The first-order valence-electron chi connectivity index (χ1n) is 7.82. The van der Waals surface area contributed by atoms with Crippen molar-refractivity contribution in [1.29, 1.82) is 0 Å². The number of carboxylic acid groups (broad SMARTS) is 1. The molecule has 0 bridgehead atoms. The van der Waals surface area contributed by atoms with E-state index in [0.29, 0.717) is 27.8 Å². The number of carboxylic acids is 1. The molecular formula is C17H19Cl2NO5. The number of amides is 2. The van der Waals surface area contributed by atoms with E-state index in [-0.39, 0.29) is 12.8 Å². The zero-order chi connectivity index (χ0) is 18.8. The summed E-state index contributed by atoms with van der Waals surface area (Å²) in [6, 6.07) is 4.10. The van der Waals surface area contributed by atoms with E-state index in [0.717, 1.165) is 5.56 Å². The molecule has 1 aliphatic rings. The molecule has 1 aromatic rings. The molecule has 0 radical (unpaired) electrons. The number of ether oxygens (including phenoxy) is 1. The summed E-state index contributed by atoms with van der Waals surface area (Å²) in [5.41, 5.74) is 0.0500. The number of carbonyl (C=O) groups is 3. The first-order chi connectivity index (χ1) is 11.6. The zero-order valence-corrected chi connectivity index (χ0v) is 15.4. The van der Waals surface area contributed by atoms with Gasteiger partial charge in [0.05, 0.1) is 10.0 Å². The van der Waals surface area contributed by atoms with Crippen LogP contribution in [0.1, 0.15) is 38.7 Å². The SMILES string of the molecule is CC(C)(CCc1ccc(Cl)c(Cl)c1)OC(=O)N1C(=O)CCC1C(=O)O. The highest BCUT2D eigenvalue weighted by Crippen LogP contribution is 2.27. The van der Waals surface area contributed by atoms with Crippen molar-refractivity contribution in [2.75, 3.05) is 0 Å². The Kier molecular flexibility index (Phi) is 5.95. The zero-order valence-electron chi connectivity index (χ0n) is 13.9. The quantitative estimate of drug-likeness (QED) is 0.827. The molecule has 136 valence electrons. The van der Waals surface area contributed by atoms with Crippen LogP contribution in [0.25, 0.3) is 0 Å². The summed E-state index contributed by atoms with van der Waals surface area (Å²) in [4.78, 5) is 35.9. The molecule has 1 aliphatic heterocycles. The Morgan fingerprint density at radius 2 is 2.00 bits per heavy atom. The van der Waals surface area contributed by atoms with Gasteiger partial charge in [-0.15, -0.1) is 0 Å². The Morgan fingerprint density at radius 3 is 2.60 bits per heavy atom. The number of hydrogen-bond acceptors (Lipinski definition) is 4. The van der Waals surface area contributed by atoms with Gasteiger partial charge in [0, 0.05) is 6.42 Å². The van der Waals surface area contributed by atoms with Crippen molar-refractivity contribution in [2.45, 2.75) is 51.2 Å². The predicted molar refractivity (Wildman–Crippen MR) is 92.8 cm³/mol. The van der Waals surface area contributed by atoms with Gasteiger partial charge in [-0.2, -0.15) is 0 Å². The third kappa shape index (κ3) is 4.86. The van der Waals surface area contributed by atoms with Crippen LogP contribution < -0.4 is 0 Å². The van der Waals surface area contributed by atoms with Gasteiger partial charge >= 0.3 is 12.1 Å². The van der Waals surface area contributed by atoms with Gasteiger partial charge < -0.3 is 9.84 Å². The van der Waals surface area contributed by atoms with Crippen LogP contribution in [0.15, 0.2) is 18.2 Å². The van der Waals surface area contributed by atoms with E-state index >= 15 is 0 Å². The average molecular weight is 388 g/mol. The van der Waals surface area contributed by atoms with E-state index in [1.54, 1.807) is 26.0 Å². The molecule has 1 unspecified atom stereocenters. The van der Waals surface area contributed by atoms with Crippen molar-refractivity contribution >= 4 is 41.2 Å². The first kappa shape index (κ1) is 19.5. The fourth-order valence-corrected chi connectivity index (χ4v) is 2.94. The number of aryl methyl sites for hydroxylation is 1. The Labute approximate surface area is 155 Å². The third-order valence-electron chi connectivity index (χ3n) is 4.06. The van der Waals surface area contributed by atoms with Crippen molar-refractivity contribution < 1.29 is 24.2 Å². The fourth-order valence-electron chi connectivity index (χ4n) is 2.62. The van der Waals surface area contributed by atoms with Gasteiger partial charge in [-0.1, -0.05) is 29.3 Å². The highest BCUT2D eigenvalue weighted by Gasteiger charge is 2.42. The van der Waals surface area contributed by atoms with Crippen molar-refractivity contribution in [2.24, 2.45) is 0 Å². The van der Waals surface area contributed by atoms with Gasteiger partial charge in [-0.05, 0) is 50.8 Å². The second-order valence-electron chi connectivity index (χ2n) is 6.53. The second kappa shape index (κ2) is 7.62. The first-order valence-corrected chi connectivity index (χ1v) is 8.58. The molecule has 25 heavy (non-hydrogen) atoms. The summed E-state index contributed by atoms with van der Waals surface area (Å²) < 4.78 is 5.39. The average Bonchev–Trinajstić information content (AvgIpc) is 2.90. The van der Waals surface area contributed by atoms with E-state index in [1.807, 2.05) is 6.07 Å². The van der Waals surface area contributed by atoms with Crippen LogP contribution in [0, 0.1) is 0 Å². The molecule has 1 aromatic carbocycles. The van der Waals surface area contributed by atoms with Crippen LogP contribution in [0.4, 0.5) is 4.79 Å². The Hall–Kier alpha value is -1.79. The Balaban J connectivity index is 1.99. The van der Waals surface area contributed by atoms with Gasteiger partial charge in [0.2, 0.25) is 5.91 Å². The normalized spacial score (nSPS) is 17.7. The molecule has 1 saturated heterocycles. The number of imide groups is 1. The van der Waals surface area contributed by atoms with E-state index in [4.69, 9.17) is 33.0 Å². The van der Waals surface area contributed by atoms with Gasteiger partial charge in [0.1, 0.15) is 11.6 Å². The van der Waals surface area contributed by atoms with E-state index < -0.39 is 29.6 Å². The minimum absolute atomic E-state index is 0.0236. The van der Waals surface area contributed by atoms with Crippen LogP contribution in [-0.2, 0) is 20.7 Å². The van der Waals surface area contributed by atoms with Crippen molar-refractivity contribution in [3.63, 3.8) is 0 Å². The van der Waals surface area contributed by atoms with Crippen molar-refractivity contribution in [1.82, 2.24) is 4.90 Å². The third-order valence-corrected chi connectivity index (χ3v) is 4.80. The second-order valence-corrected chi connectivity index (χ2v) is 7.35. The lowest BCUT2D eigenvalue weighted by molar-refractivity contribution is -0.145. The summed E-state index contributed by atoms with van der Waals surface area (Å²) in [7, 11) is 0. The monoisotopic (exact) mass is 387 g/mol. The molecule has 0 aromatic heterocycles. The summed E-state index contributed by atoms with van der Waals surface area (Å²) in [5, 5.41) is 10.0. The molecule has 1 N–H and O–H groups in total. The van der Waals surface area contributed by atoms with Crippen LogP contribution in [0.2, 0.25) is 10.0 Å². The smallest absolute Gasteiger partial charge is 0.417 e. The highest BCUT2D eigenvalue weighted by molar-refractivity contribution is 6.42. The topological polar surface area (TPSA) is 83.9 Å². The lowest BCUT2D eigenvalue weighted by Gasteiger charge is -2.29. The number of nitrogens with zero attached hydrogens (tertiary/aromatic N) is 1. The maximum absolute atomic E-state index is 12.3. The molecule has 0 spiro atoms. The number of aliphatic carboxylic acids is 1. The van der Waals surface area contributed by atoms with Crippen LogP contribution in [0.5, 0.6) is 0 Å². The maximum atomic E-state index is 12.3. The Morgan fingerprint density at radius 1 is 1.32 bits per heavy atom. The summed E-state index contributed by atoms with van der Waals surface area (Å²) >= 11 is 11.9. The standard InChI is InChI=1S/C17H19Cl2NO5/c1-17(2,8-7-10-3-4-11(18)12(19)9-10)25-16(24)20-13(15(22)23)5-6-14(20)21/h3-4,9,13H,5-8H2,1-2H3,(H,22,23). The molecule has 1 heterocycles. The largest absolute Gasteiger partial charge is 0.480 e. The summed E-state index contributed by atoms with van der Waals surface area (Å²) in [5.74, 6) is -1.74. The molecule has 6 nitrogen and oxygen atoms in total. The van der Waals surface area contributed by atoms with Crippen LogP contribution in [-0.4, -0.2) is 39.6 Å². The van der Waals surface area contributed by atoms with Gasteiger partial charge in [-0.3, -0.25) is 4.79 Å². The van der Waals surface area contributed by atoms with E-state index in [9.17, 15) is 14.4 Å². The molecule has 1 fully saturated rings. The molecular weight excluding hydrogens is 369 g/mol. The number of carbonyl (C=O) groups excluding carboxylic acids is 2. The summed E-state index contributed by atoms with van der Waals surface area (Å²) in [6.07, 6.45) is 0.251. The number of halogens is 2. The van der Waals surface area contributed by atoms with Crippen molar-refractivity contribution in [3.8, 4) is 0 Å². The number of rotatable bonds is 5. The van der Waals surface area contributed by atoms with Crippen molar-refractivity contribution in [3.05, 3.63) is 33.8 Å². The van der Waals surface area contributed by atoms with E-state index in [1.165, 1.54) is 0 Å². The maximum Gasteiger partial charge on any atom is 0.417 e. The van der Waals surface area contributed by atoms with Crippen LogP contribution in [0.3, 0.4) is 0 Å². The fraction of sp³-hybridized carbons (Fsp3) is 0.471. The molecule has 2 amide bonds. The Bertz CT molecular complexity index is 704. The molecule has 1 atom stereocenters. The molecule has 0 saturated carbocycles. The minimum Gasteiger partial charge on any atom is -0.480 e. The highest BCUT2D eigenvalue weighted by atomic mass is 35.5. The minimum atomic E-state index is -1.21. The van der Waals surface area contributed by atoms with E-state index in [2.05, 4.69) is 0 Å². The van der Waals surface area contributed by atoms with Crippen LogP contribution >= 0.6 is 23.2 Å². The number of benzene rings is 1. The number of hydrogen-bond donors (Lipinski definition) is 1. The lowest BCUT2D eigenvalue weighted by atomic mass is 9.98. The predicted octanol–water partition coefficient (Wildman–Crippen LogP) is 3.92. The van der Waals surface area contributed by atoms with Gasteiger partial charge in [0.25, 0.3) is 0 Å². The number of likely N-dealkylation sites (tertiary alicyclic amines) is 1. The molecule has 0 aliphatic carbocycles. The molecule has 8 heteroatoms. The summed E-state index contributed by atoms with van der Waals surface area (Å²) in [6.45, 7) is 3.41.